The van der Waals surface area contributed by atoms with Crippen LogP contribution in [0.2, 0.25) is 0 Å². The van der Waals surface area contributed by atoms with Crippen LogP contribution >= 0.6 is 0 Å². The van der Waals surface area contributed by atoms with Crippen LogP contribution in [0, 0.1) is 11.8 Å². The van der Waals surface area contributed by atoms with E-state index in [0.29, 0.717) is 17.3 Å². The van der Waals surface area contributed by atoms with E-state index in [2.05, 4.69) is 19.1 Å². The molecule has 3 aromatic rings. The third-order valence-corrected chi connectivity index (χ3v) is 6.78. The number of amides is 1. The first-order valence-electron chi connectivity index (χ1n) is 12.6. The predicted octanol–water partition coefficient (Wildman–Crippen LogP) is 6.28. The number of anilines is 1. The van der Waals surface area contributed by atoms with Crippen LogP contribution in [0.5, 0.6) is 0 Å². The minimum Gasteiger partial charge on any atom is -0.462 e. The van der Waals surface area contributed by atoms with Crippen molar-refractivity contribution in [2.45, 2.75) is 59.4 Å². The number of esters is 1. The number of benzene rings is 2. The third-order valence-electron chi connectivity index (χ3n) is 6.78. The van der Waals surface area contributed by atoms with E-state index in [4.69, 9.17) is 9.84 Å². The lowest BCUT2D eigenvalue weighted by atomic mass is 9.82. The molecule has 35 heavy (non-hydrogen) atoms. The van der Waals surface area contributed by atoms with Crippen molar-refractivity contribution in [3.05, 3.63) is 66.4 Å². The number of hydrogen-bond acceptors (Lipinski definition) is 4. The Morgan fingerprint density at radius 1 is 1.00 bits per heavy atom. The normalized spacial score (nSPS) is 17.9. The fourth-order valence-electron chi connectivity index (χ4n) is 4.77. The van der Waals surface area contributed by atoms with Crippen molar-refractivity contribution in [3.63, 3.8) is 0 Å². The average molecular weight is 474 g/mol. The Morgan fingerprint density at radius 3 is 2.23 bits per heavy atom. The van der Waals surface area contributed by atoms with Crippen LogP contribution < -0.4 is 4.90 Å². The average Bonchev–Trinajstić information content (AvgIpc) is 3.30. The van der Waals surface area contributed by atoms with Crippen LogP contribution in [0.3, 0.4) is 0 Å². The molecule has 1 aliphatic carbocycles. The first-order valence-corrected chi connectivity index (χ1v) is 12.6. The highest BCUT2D eigenvalue weighted by molar-refractivity contribution is 6.02. The van der Waals surface area contributed by atoms with Crippen molar-refractivity contribution in [3.8, 4) is 16.8 Å². The molecule has 0 unspecified atom stereocenters. The number of hydrogen-bond donors (Lipinski definition) is 0. The van der Waals surface area contributed by atoms with Crippen molar-refractivity contribution >= 4 is 17.7 Å². The maximum Gasteiger partial charge on any atom is 0.343 e. The molecule has 184 valence electrons. The van der Waals surface area contributed by atoms with E-state index in [1.807, 2.05) is 56.3 Å². The van der Waals surface area contributed by atoms with Gasteiger partial charge in [0.05, 0.1) is 12.3 Å². The van der Waals surface area contributed by atoms with Gasteiger partial charge in [0.1, 0.15) is 5.56 Å². The number of nitrogens with zero attached hydrogens (tertiary/aromatic N) is 3. The summed E-state index contributed by atoms with van der Waals surface area (Å²) in [5.74, 6) is 0.556. The minimum atomic E-state index is -0.467. The molecule has 0 bridgehead atoms. The summed E-state index contributed by atoms with van der Waals surface area (Å²) in [5, 5.41) is 4.76. The van der Waals surface area contributed by atoms with Crippen LogP contribution in [-0.2, 0) is 9.53 Å². The largest absolute Gasteiger partial charge is 0.462 e. The second kappa shape index (κ2) is 10.9. The summed E-state index contributed by atoms with van der Waals surface area (Å²) in [5.41, 5.74) is 3.35. The Morgan fingerprint density at radius 2 is 1.63 bits per heavy atom. The summed E-state index contributed by atoms with van der Waals surface area (Å²) < 4.78 is 7.00. The third kappa shape index (κ3) is 5.47. The van der Waals surface area contributed by atoms with Gasteiger partial charge in [0, 0.05) is 18.2 Å². The van der Waals surface area contributed by atoms with Crippen LogP contribution in [-0.4, -0.2) is 34.3 Å². The Bertz CT molecular complexity index is 1140. The van der Waals surface area contributed by atoms with Gasteiger partial charge >= 0.3 is 5.97 Å². The van der Waals surface area contributed by atoms with Crippen molar-refractivity contribution in [2.75, 3.05) is 11.5 Å². The zero-order valence-electron chi connectivity index (χ0n) is 21.1. The number of aromatic nitrogens is 2. The minimum absolute atomic E-state index is 0.0426. The van der Waals surface area contributed by atoms with Crippen molar-refractivity contribution in [1.29, 1.82) is 0 Å². The van der Waals surface area contributed by atoms with Gasteiger partial charge in [-0.2, -0.15) is 0 Å². The Balaban J connectivity index is 1.70. The van der Waals surface area contributed by atoms with E-state index in [0.717, 1.165) is 42.5 Å². The molecule has 1 fully saturated rings. The van der Waals surface area contributed by atoms with Gasteiger partial charge in [-0.25, -0.2) is 9.48 Å². The zero-order valence-corrected chi connectivity index (χ0v) is 21.1. The van der Waals surface area contributed by atoms with Gasteiger partial charge < -0.3 is 4.74 Å². The maximum absolute atomic E-state index is 13.7. The van der Waals surface area contributed by atoms with E-state index < -0.39 is 5.97 Å². The molecule has 0 radical (unpaired) electrons. The maximum atomic E-state index is 13.7. The van der Waals surface area contributed by atoms with Crippen LogP contribution in [0.25, 0.3) is 16.8 Å². The predicted molar refractivity (Wildman–Crippen MR) is 139 cm³/mol. The molecule has 1 aliphatic rings. The molecule has 6 heteroatoms. The number of rotatable bonds is 7. The van der Waals surface area contributed by atoms with Gasteiger partial charge in [-0.1, -0.05) is 49.4 Å². The molecule has 0 saturated heterocycles. The highest BCUT2D eigenvalue weighted by Crippen LogP contribution is 2.33. The topological polar surface area (TPSA) is 64.4 Å². The molecule has 0 atom stereocenters. The van der Waals surface area contributed by atoms with Crippen LogP contribution in [0.4, 0.5) is 5.82 Å². The van der Waals surface area contributed by atoms with Crippen molar-refractivity contribution in [1.82, 2.24) is 9.78 Å². The number of carbonyl (C=O) groups excluding carboxylic acids is 2. The molecular formula is C29H35N3O3. The smallest absolute Gasteiger partial charge is 0.343 e. The Kier molecular flexibility index (Phi) is 7.69. The first-order chi connectivity index (χ1) is 16.9. The van der Waals surface area contributed by atoms with Gasteiger partial charge in [0.25, 0.3) is 0 Å². The Labute approximate surface area is 207 Å². The van der Waals surface area contributed by atoms with Gasteiger partial charge in [-0.15, -0.1) is 5.10 Å². The summed E-state index contributed by atoms with van der Waals surface area (Å²) in [7, 11) is 0. The van der Waals surface area contributed by atoms with E-state index in [-0.39, 0.29) is 24.5 Å². The van der Waals surface area contributed by atoms with E-state index in [1.165, 1.54) is 0 Å². The van der Waals surface area contributed by atoms with Crippen LogP contribution in [0.15, 0.2) is 60.8 Å². The van der Waals surface area contributed by atoms with Gasteiger partial charge in [0.15, 0.2) is 5.82 Å². The van der Waals surface area contributed by atoms with Gasteiger partial charge in [-0.3, -0.25) is 9.69 Å². The molecular weight excluding hydrogens is 438 g/mol. The lowest BCUT2D eigenvalue weighted by Crippen LogP contribution is -2.43. The van der Waals surface area contributed by atoms with Gasteiger partial charge in [-0.05, 0) is 75.6 Å². The second-order valence-corrected chi connectivity index (χ2v) is 9.70. The molecule has 1 heterocycles. The first kappa shape index (κ1) is 24.7. The summed E-state index contributed by atoms with van der Waals surface area (Å²) in [4.78, 5) is 28.3. The molecule has 0 N–H and O–H groups in total. The standard InChI is InChI=1S/C29H35N3O3/c1-5-35-29(34)26-19-31(25-17-15-23(16-18-25)22-9-7-6-8-10-22)30-27(26)32(20(2)3)28(33)24-13-11-21(4)12-14-24/h6-10,15-21,24H,5,11-14H2,1-4H3/t21-,24-. The SMILES string of the molecule is CCOC(=O)c1cn(-c2ccc(-c3ccccc3)cc2)nc1N(C(=O)[C@H]1CC[C@H](C)CC1)C(C)C. The molecule has 0 aliphatic heterocycles. The lowest BCUT2D eigenvalue weighted by molar-refractivity contribution is -0.124. The molecule has 2 aromatic carbocycles. The lowest BCUT2D eigenvalue weighted by Gasteiger charge is -2.32. The van der Waals surface area contributed by atoms with Crippen molar-refractivity contribution < 1.29 is 14.3 Å². The molecule has 6 nitrogen and oxygen atoms in total. The molecule has 1 amide bonds. The van der Waals surface area contributed by atoms with E-state index in [9.17, 15) is 9.59 Å². The van der Waals surface area contributed by atoms with Crippen LogP contribution in [0.1, 0.15) is 63.7 Å². The molecule has 1 aromatic heterocycles. The summed E-state index contributed by atoms with van der Waals surface area (Å²) in [6.45, 7) is 8.20. The van der Waals surface area contributed by atoms with E-state index in [1.54, 1.807) is 22.7 Å². The molecule has 4 rings (SSSR count). The van der Waals surface area contributed by atoms with E-state index >= 15 is 0 Å². The molecule has 1 saturated carbocycles. The van der Waals surface area contributed by atoms with Gasteiger partial charge in [0.2, 0.25) is 5.91 Å². The number of ether oxygens (including phenoxy) is 1. The Hall–Kier alpha value is -3.41. The molecule has 0 spiro atoms. The quantitative estimate of drug-likeness (QED) is 0.379. The van der Waals surface area contributed by atoms with Crippen molar-refractivity contribution in [2.24, 2.45) is 11.8 Å². The summed E-state index contributed by atoms with van der Waals surface area (Å²) in [6, 6.07) is 18.0. The highest BCUT2D eigenvalue weighted by atomic mass is 16.5. The fourth-order valence-corrected chi connectivity index (χ4v) is 4.77. The number of carbonyl (C=O) groups is 2. The monoisotopic (exact) mass is 473 g/mol. The summed E-state index contributed by atoms with van der Waals surface area (Å²) in [6.07, 6.45) is 5.53. The highest BCUT2D eigenvalue weighted by Gasteiger charge is 2.34. The summed E-state index contributed by atoms with van der Waals surface area (Å²) >= 11 is 0. The zero-order chi connectivity index (χ0) is 24.9. The fraction of sp³-hybridized carbons (Fsp3) is 0.414. The second-order valence-electron chi connectivity index (χ2n) is 9.70.